The van der Waals surface area contributed by atoms with E-state index in [1.807, 2.05) is 0 Å². The van der Waals surface area contributed by atoms with Crippen molar-refractivity contribution in [2.24, 2.45) is 0 Å². The second kappa shape index (κ2) is 7.54. The van der Waals surface area contributed by atoms with Crippen molar-refractivity contribution in [2.45, 2.75) is 66.0 Å². The monoisotopic (exact) mass is 263 g/mol. The van der Waals surface area contributed by atoms with Crippen LogP contribution in [0.3, 0.4) is 0 Å². The molecule has 108 valence electrons. The van der Waals surface area contributed by atoms with Gasteiger partial charge in [-0.2, -0.15) is 0 Å². The normalized spacial score (nSPS) is 14.5. The van der Waals surface area contributed by atoms with E-state index in [-0.39, 0.29) is 6.10 Å². The fourth-order valence-electron chi connectivity index (χ4n) is 2.29. The van der Waals surface area contributed by atoms with E-state index < -0.39 is 0 Å². The number of hydrogen-bond donors (Lipinski definition) is 1. The summed E-state index contributed by atoms with van der Waals surface area (Å²) < 4.78 is 6.18. The molecule has 0 saturated carbocycles. The highest BCUT2D eigenvalue weighted by Gasteiger charge is 2.17. The van der Waals surface area contributed by atoms with Crippen LogP contribution in [0.2, 0.25) is 0 Å². The molecule has 0 heterocycles. The molecule has 1 rings (SSSR count). The van der Waals surface area contributed by atoms with E-state index in [2.05, 4.69) is 65.1 Å². The average molecular weight is 263 g/mol. The molecule has 1 aromatic carbocycles. The minimum Gasteiger partial charge on any atom is -0.489 e. The van der Waals surface area contributed by atoms with E-state index in [1.54, 1.807) is 0 Å². The van der Waals surface area contributed by atoms with Gasteiger partial charge in [0.2, 0.25) is 0 Å². The van der Waals surface area contributed by atoms with Crippen molar-refractivity contribution in [3.05, 3.63) is 29.3 Å². The molecule has 2 unspecified atom stereocenters. The number of rotatable bonds is 7. The van der Waals surface area contributed by atoms with Crippen LogP contribution in [0, 0.1) is 6.92 Å². The maximum atomic E-state index is 6.18. The van der Waals surface area contributed by atoms with E-state index in [4.69, 9.17) is 4.74 Å². The molecule has 0 aliphatic carbocycles. The predicted molar refractivity (Wildman–Crippen MR) is 83.1 cm³/mol. The van der Waals surface area contributed by atoms with Gasteiger partial charge in [0.1, 0.15) is 11.9 Å². The van der Waals surface area contributed by atoms with Gasteiger partial charge < -0.3 is 10.1 Å². The molecule has 0 fully saturated rings. The van der Waals surface area contributed by atoms with Crippen LogP contribution in [0.4, 0.5) is 0 Å². The van der Waals surface area contributed by atoms with Crippen molar-refractivity contribution in [2.75, 3.05) is 6.54 Å². The molecule has 0 radical (unpaired) electrons. The first-order valence-corrected chi connectivity index (χ1v) is 7.50. The second-order valence-corrected chi connectivity index (χ2v) is 5.58. The molecule has 2 heteroatoms. The Morgan fingerprint density at radius 2 is 1.84 bits per heavy atom. The molecule has 2 nitrogen and oxygen atoms in total. The van der Waals surface area contributed by atoms with Crippen LogP contribution in [0.15, 0.2) is 18.2 Å². The van der Waals surface area contributed by atoms with Gasteiger partial charge in [0.15, 0.2) is 0 Å². The molecule has 0 bridgehead atoms. The largest absolute Gasteiger partial charge is 0.489 e. The lowest BCUT2D eigenvalue weighted by molar-refractivity contribution is 0.167. The van der Waals surface area contributed by atoms with Gasteiger partial charge in [0.25, 0.3) is 0 Å². The maximum Gasteiger partial charge on any atom is 0.122 e. The highest BCUT2D eigenvalue weighted by Crippen LogP contribution is 2.25. The smallest absolute Gasteiger partial charge is 0.122 e. The molecule has 0 aliphatic heterocycles. The van der Waals surface area contributed by atoms with Gasteiger partial charge in [-0.3, -0.25) is 0 Å². The molecule has 0 spiro atoms. The van der Waals surface area contributed by atoms with Crippen LogP contribution < -0.4 is 10.1 Å². The van der Waals surface area contributed by atoms with Crippen molar-refractivity contribution in [1.82, 2.24) is 5.32 Å². The lowest BCUT2D eigenvalue weighted by atomic mass is 10.0. The van der Waals surface area contributed by atoms with Crippen LogP contribution in [0.25, 0.3) is 0 Å². The fraction of sp³-hybridized carbons (Fsp3) is 0.647. The summed E-state index contributed by atoms with van der Waals surface area (Å²) in [5.41, 5.74) is 2.55. The zero-order chi connectivity index (χ0) is 14.4. The summed E-state index contributed by atoms with van der Waals surface area (Å²) in [7, 11) is 0. The number of hydrogen-bond acceptors (Lipinski definition) is 2. The summed E-state index contributed by atoms with van der Waals surface area (Å²) in [6.45, 7) is 14.0. The van der Waals surface area contributed by atoms with Crippen LogP contribution in [-0.2, 0) is 0 Å². The molecule has 0 aromatic heterocycles. The Morgan fingerprint density at radius 3 is 2.37 bits per heavy atom. The Morgan fingerprint density at radius 1 is 1.16 bits per heavy atom. The number of nitrogens with one attached hydrogen (secondary N) is 1. The highest BCUT2D eigenvalue weighted by atomic mass is 16.5. The Hall–Kier alpha value is -1.02. The number of likely N-dealkylation sites (N-methyl/N-ethyl adjacent to an activating group) is 1. The summed E-state index contributed by atoms with van der Waals surface area (Å²) in [5.74, 6) is 1.56. The standard InChI is InChI=1S/C17H29NO/c1-7-16(18-8-2)14(6)19-17-11-15(12(3)4)10-9-13(17)5/h9-12,14,16,18H,7-8H2,1-6H3. The summed E-state index contributed by atoms with van der Waals surface area (Å²) in [5, 5.41) is 3.48. The molecule has 0 amide bonds. The molecule has 0 saturated heterocycles. The minimum absolute atomic E-state index is 0.186. The number of aryl methyl sites for hydroxylation is 1. The summed E-state index contributed by atoms with van der Waals surface area (Å²) >= 11 is 0. The zero-order valence-electron chi connectivity index (χ0n) is 13.3. The van der Waals surface area contributed by atoms with Crippen LogP contribution in [-0.4, -0.2) is 18.7 Å². The van der Waals surface area contributed by atoms with E-state index in [9.17, 15) is 0 Å². The SMILES string of the molecule is CCNC(CC)C(C)Oc1cc(C(C)C)ccc1C. The molecule has 1 aromatic rings. The van der Waals surface area contributed by atoms with Crippen molar-refractivity contribution in [3.63, 3.8) is 0 Å². The molecular formula is C17H29NO. The molecule has 1 N–H and O–H groups in total. The van der Waals surface area contributed by atoms with Gasteiger partial charge in [0, 0.05) is 6.04 Å². The lowest BCUT2D eigenvalue weighted by Crippen LogP contribution is -2.40. The molecule has 0 aliphatic rings. The number of ether oxygens (including phenoxy) is 1. The van der Waals surface area contributed by atoms with Crippen molar-refractivity contribution in [3.8, 4) is 5.75 Å². The first kappa shape index (κ1) is 16.0. The van der Waals surface area contributed by atoms with Crippen molar-refractivity contribution < 1.29 is 4.74 Å². The van der Waals surface area contributed by atoms with E-state index in [0.717, 1.165) is 18.7 Å². The maximum absolute atomic E-state index is 6.18. The first-order chi connectivity index (χ1) is 8.99. The third-order valence-electron chi connectivity index (χ3n) is 3.66. The quantitative estimate of drug-likeness (QED) is 0.793. The van der Waals surface area contributed by atoms with Gasteiger partial charge in [-0.15, -0.1) is 0 Å². The topological polar surface area (TPSA) is 21.3 Å². The average Bonchev–Trinajstić information content (AvgIpc) is 2.38. The first-order valence-electron chi connectivity index (χ1n) is 7.50. The zero-order valence-corrected chi connectivity index (χ0v) is 13.3. The molecule has 19 heavy (non-hydrogen) atoms. The minimum atomic E-state index is 0.186. The van der Waals surface area contributed by atoms with Crippen LogP contribution in [0.5, 0.6) is 5.75 Å². The van der Waals surface area contributed by atoms with Gasteiger partial charge in [-0.05, 0) is 49.9 Å². The Balaban J connectivity index is 2.82. The third-order valence-corrected chi connectivity index (χ3v) is 3.66. The lowest BCUT2D eigenvalue weighted by Gasteiger charge is -2.25. The fourth-order valence-corrected chi connectivity index (χ4v) is 2.29. The van der Waals surface area contributed by atoms with Gasteiger partial charge in [-0.1, -0.05) is 39.8 Å². The van der Waals surface area contributed by atoms with Crippen LogP contribution >= 0.6 is 0 Å². The Kier molecular flexibility index (Phi) is 6.36. The summed E-state index contributed by atoms with van der Waals surface area (Å²) in [6, 6.07) is 6.95. The van der Waals surface area contributed by atoms with E-state index in [0.29, 0.717) is 12.0 Å². The van der Waals surface area contributed by atoms with Crippen molar-refractivity contribution in [1.29, 1.82) is 0 Å². The Labute approximate surface area is 118 Å². The Bertz CT molecular complexity index is 387. The van der Waals surface area contributed by atoms with Crippen LogP contribution in [0.1, 0.15) is 58.1 Å². The summed E-state index contributed by atoms with van der Waals surface area (Å²) in [6.07, 6.45) is 1.27. The van der Waals surface area contributed by atoms with Gasteiger partial charge in [0.05, 0.1) is 0 Å². The molecule has 2 atom stereocenters. The van der Waals surface area contributed by atoms with Crippen molar-refractivity contribution >= 4 is 0 Å². The summed E-state index contributed by atoms with van der Waals surface area (Å²) in [4.78, 5) is 0. The second-order valence-electron chi connectivity index (χ2n) is 5.58. The van der Waals surface area contributed by atoms with Gasteiger partial charge >= 0.3 is 0 Å². The van der Waals surface area contributed by atoms with E-state index in [1.165, 1.54) is 11.1 Å². The van der Waals surface area contributed by atoms with Gasteiger partial charge in [-0.25, -0.2) is 0 Å². The number of benzene rings is 1. The third kappa shape index (κ3) is 4.54. The van der Waals surface area contributed by atoms with E-state index >= 15 is 0 Å². The predicted octanol–water partition coefficient (Wildman–Crippen LogP) is 4.27. The molecular weight excluding hydrogens is 234 g/mol. The highest BCUT2D eigenvalue weighted by molar-refractivity contribution is 5.38.